The molecule has 1 aliphatic rings. The van der Waals surface area contributed by atoms with Crippen LogP contribution in [0.3, 0.4) is 0 Å². The molecular weight excluding hydrogens is 354 g/mol. The van der Waals surface area contributed by atoms with Crippen LogP contribution < -0.4 is 10.2 Å². The van der Waals surface area contributed by atoms with Crippen LogP contribution in [0.5, 0.6) is 0 Å². The van der Waals surface area contributed by atoms with Gasteiger partial charge in [0.05, 0.1) is 0 Å². The Morgan fingerprint density at radius 3 is 2.32 bits per heavy atom. The van der Waals surface area contributed by atoms with Gasteiger partial charge < -0.3 is 15.1 Å². The van der Waals surface area contributed by atoms with Crippen molar-refractivity contribution in [1.82, 2.24) is 14.9 Å². The van der Waals surface area contributed by atoms with Crippen LogP contribution >= 0.6 is 0 Å². The van der Waals surface area contributed by atoms with Crippen LogP contribution in [-0.2, 0) is 16.0 Å². The number of nitrogens with zero attached hydrogens (tertiary/aromatic N) is 4. The van der Waals surface area contributed by atoms with Gasteiger partial charge in [-0.1, -0.05) is 25.1 Å². The third kappa shape index (κ3) is 4.13. The summed E-state index contributed by atoms with van der Waals surface area (Å²) in [6.07, 6.45) is 4.23. The summed E-state index contributed by atoms with van der Waals surface area (Å²) in [5.74, 6) is 0.225. The molecule has 0 aliphatic carbocycles. The molecule has 2 heterocycles. The maximum atomic E-state index is 13.1. The van der Waals surface area contributed by atoms with Crippen molar-refractivity contribution in [3.8, 4) is 0 Å². The number of anilines is 2. The molecule has 0 radical (unpaired) electrons. The van der Waals surface area contributed by atoms with Crippen molar-refractivity contribution < 1.29 is 9.59 Å². The number of rotatable bonds is 5. The molecule has 28 heavy (non-hydrogen) atoms. The number of aromatic nitrogens is 2. The molecule has 1 aromatic heterocycles. The van der Waals surface area contributed by atoms with Crippen molar-refractivity contribution in [2.45, 2.75) is 27.2 Å². The van der Waals surface area contributed by atoms with Crippen LogP contribution in [0.25, 0.3) is 0 Å². The predicted octanol–water partition coefficient (Wildman–Crippen LogP) is 2.35. The lowest BCUT2D eigenvalue weighted by Crippen LogP contribution is -2.54. The van der Waals surface area contributed by atoms with Crippen LogP contribution in [0.1, 0.15) is 26.3 Å². The van der Waals surface area contributed by atoms with Gasteiger partial charge in [0.1, 0.15) is 5.41 Å². The molecule has 7 heteroatoms. The molecule has 0 bridgehead atoms. The van der Waals surface area contributed by atoms with Gasteiger partial charge >= 0.3 is 0 Å². The van der Waals surface area contributed by atoms with E-state index in [1.807, 2.05) is 36.1 Å². The molecule has 7 nitrogen and oxygen atoms in total. The Kier molecular flexibility index (Phi) is 5.92. The Morgan fingerprint density at radius 1 is 1.04 bits per heavy atom. The number of carbonyl (C=O) groups excluding carboxylic acids is 2. The highest BCUT2D eigenvalue weighted by Gasteiger charge is 2.40. The molecule has 2 amide bonds. The zero-order valence-corrected chi connectivity index (χ0v) is 16.7. The van der Waals surface area contributed by atoms with Gasteiger partial charge in [-0.05, 0) is 38.0 Å². The fourth-order valence-electron chi connectivity index (χ4n) is 3.29. The molecule has 0 spiro atoms. The Morgan fingerprint density at radius 2 is 1.68 bits per heavy atom. The first kappa shape index (κ1) is 19.8. The van der Waals surface area contributed by atoms with Gasteiger partial charge in [-0.3, -0.25) is 9.59 Å². The zero-order valence-electron chi connectivity index (χ0n) is 16.7. The highest BCUT2D eigenvalue weighted by Crippen LogP contribution is 2.25. The first-order valence-corrected chi connectivity index (χ1v) is 9.64. The minimum Gasteiger partial charge on any atom is -0.338 e. The molecule has 1 N–H and O–H groups in total. The second kappa shape index (κ2) is 8.37. The van der Waals surface area contributed by atoms with E-state index < -0.39 is 5.41 Å². The largest absolute Gasteiger partial charge is 0.338 e. The van der Waals surface area contributed by atoms with E-state index in [0.717, 1.165) is 17.7 Å². The van der Waals surface area contributed by atoms with E-state index in [9.17, 15) is 9.59 Å². The summed E-state index contributed by atoms with van der Waals surface area (Å²) in [6.45, 7) is 7.78. The van der Waals surface area contributed by atoms with Gasteiger partial charge in [-0.15, -0.1) is 0 Å². The number of para-hydroxylation sites is 1. The fraction of sp³-hybridized carbons (Fsp3) is 0.429. The van der Waals surface area contributed by atoms with Crippen molar-refractivity contribution in [1.29, 1.82) is 0 Å². The highest BCUT2D eigenvalue weighted by molar-refractivity contribution is 6.10. The number of carbonyl (C=O) groups is 2. The van der Waals surface area contributed by atoms with Gasteiger partial charge in [-0.2, -0.15) is 0 Å². The maximum Gasteiger partial charge on any atom is 0.239 e. The van der Waals surface area contributed by atoms with Gasteiger partial charge in [0.25, 0.3) is 0 Å². The smallest absolute Gasteiger partial charge is 0.239 e. The van der Waals surface area contributed by atoms with Crippen molar-refractivity contribution in [2.75, 3.05) is 36.4 Å². The summed E-state index contributed by atoms with van der Waals surface area (Å²) >= 11 is 0. The van der Waals surface area contributed by atoms with Crippen molar-refractivity contribution in [2.24, 2.45) is 5.41 Å². The molecule has 1 aliphatic heterocycles. The van der Waals surface area contributed by atoms with E-state index >= 15 is 0 Å². The molecule has 1 aromatic carbocycles. The number of hydrogen-bond donors (Lipinski definition) is 1. The third-order valence-corrected chi connectivity index (χ3v) is 5.15. The summed E-state index contributed by atoms with van der Waals surface area (Å²) in [4.78, 5) is 38.3. The summed E-state index contributed by atoms with van der Waals surface area (Å²) < 4.78 is 0. The molecule has 3 rings (SSSR count). The molecule has 148 valence electrons. The first-order chi connectivity index (χ1) is 13.4. The quantitative estimate of drug-likeness (QED) is 0.805. The SMILES string of the molecule is CCc1ccccc1NC(=O)C(C)(C)C(=O)N1CCN(c2ncccn2)CC1. The lowest BCUT2D eigenvalue weighted by Gasteiger charge is -2.38. The monoisotopic (exact) mass is 381 g/mol. The number of hydrogen-bond acceptors (Lipinski definition) is 5. The minimum atomic E-state index is -1.15. The van der Waals surface area contributed by atoms with Crippen molar-refractivity contribution in [3.63, 3.8) is 0 Å². The van der Waals surface area contributed by atoms with Crippen LogP contribution in [0, 0.1) is 5.41 Å². The average molecular weight is 381 g/mol. The van der Waals surface area contributed by atoms with Gasteiger partial charge in [-0.25, -0.2) is 9.97 Å². The third-order valence-electron chi connectivity index (χ3n) is 5.15. The molecule has 1 fully saturated rings. The summed E-state index contributed by atoms with van der Waals surface area (Å²) in [5.41, 5.74) is 0.671. The molecular formula is C21H27N5O2. The second-order valence-electron chi connectivity index (χ2n) is 7.42. The highest BCUT2D eigenvalue weighted by atomic mass is 16.2. The minimum absolute atomic E-state index is 0.160. The summed E-state index contributed by atoms with van der Waals surface area (Å²) in [6, 6.07) is 9.46. The van der Waals surface area contributed by atoms with E-state index in [1.54, 1.807) is 37.2 Å². The van der Waals surface area contributed by atoms with Gasteiger partial charge in [0, 0.05) is 44.3 Å². The number of benzene rings is 1. The summed E-state index contributed by atoms with van der Waals surface area (Å²) in [7, 11) is 0. The summed E-state index contributed by atoms with van der Waals surface area (Å²) in [5, 5.41) is 2.94. The van der Waals surface area contributed by atoms with Gasteiger partial charge in [0.2, 0.25) is 17.8 Å². The standard InChI is InChI=1S/C21H27N5O2/c1-4-16-8-5-6-9-17(16)24-18(27)21(2,3)19(28)25-12-14-26(15-13-25)20-22-10-7-11-23-20/h5-11H,4,12-15H2,1-3H3,(H,24,27). The van der Waals surface area contributed by atoms with Crippen LogP contribution in [0.4, 0.5) is 11.6 Å². The van der Waals surface area contributed by atoms with E-state index in [-0.39, 0.29) is 11.8 Å². The molecule has 0 unspecified atom stereocenters. The fourth-order valence-corrected chi connectivity index (χ4v) is 3.29. The van der Waals surface area contributed by atoms with E-state index in [1.165, 1.54) is 0 Å². The van der Waals surface area contributed by atoms with E-state index in [4.69, 9.17) is 0 Å². The second-order valence-corrected chi connectivity index (χ2v) is 7.42. The number of amides is 2. The topological polar surface area (TPSA) is 78.4 Å². The molecule has 0 saturated carbocycles. The molecule has 0 atom stereocenters. The number of piperazine rings is 1. The van der Waals surface area contributed by atoms with E-state index in [2.05, 4.69) is 15.3 Å². The predicted molar refractivity (Wildman–Crippen MR) is 109 cm³/mol. The van der Waals surface area contributed by atoms with Crippen LogP contribution in [0.15, 0.2) is 42.7 Å². The number of aryl methyl sites for hydroxylation is 1. The Bertz CT molecular complexity index is 830. The average Bonchev–Trinajstić information content (AvgIpc) is 2.74. The lowest BCUT2D eigenvalue weighted by molar-refractivity contribution is -0.146. The Labute approximate surface area is 165 Å². The Hall–Kier alpha value is -2.96. The molecule has 2 aromatic rings. The van der Waals surface area contributed by atoms with Crippen LogP contribution in [0.2, 0.25) is 0 Å². The molecule has 1 saturated heterocycles. The van der Waals surface area contributed by atoms with Crippen molar-refractivity contribution in [3.05, 3.63) is 48.3 Å². The Balaban J connectivity index is 1.63. The van der Waals surface area contributed by atoms with Gasteiger partial charge in [0.15, 0.2) is 0 Å². The normalized spacial score (nSPS) is 14.7. The van der Waals surface area contributed by atoms with E-state index in [0.29, 0.717) is 32.1 Å². The van der Waals surface area contributed by atoms with Crippen molar-refractivity contribution >= 4 is 23.5 Å². The lowest BCUT2D eigenvalue weighted by atomic mass is 9.89. The number of nitrogens with one attached hydrogen (secondary N) is 1. The zero-order chi connectivity index (χ0) is 20.1. The maximum absolute atomic E-state index is 13.1. The van der Waals surface area contributed by atoms with Crippen LogP contribution in [-0.4, -0.2) is 52.9 Å². The first-order valence-electron chi connectivity index (χ1n) is 9.64.